The number of sulfone groups is 1. The lowest BCUT2D eigenvalue weighted by Gasteiger charge is -2.35. The summed E-state index contributed by atoms with van der Waals surface area (Å²) in [4.78, 5) is 15.4. The predicted octanol–water partition coefficient (Wildman–Crippen LogP) is 1.30. The monoisotopic (exact) mass is 443 g/mol. The Balaban J connectivity index is 1.44. The molecular weight excluding hydrogens is 422 g/mol. The second-order valence-electron chi connectivity index (χ2n) is 7.28. The summed E-state index contributed by atoms with van der Waals surface area (Å²) < 4.78 is 24.9. The second kappa shape index (κ2) is 8.40. The van der Waals surface area contributed by atoms with Crippen LogP contribution in [0.2, 0.25) is 0 Å². The first-order valence-corrected chi connectivity index (χ1v) is 11.5. The van der Waals surface area contributed by atoms with E-state index < -0.39 is 9.84 Å². The number of nitrogens with zero attached hydrogens (tertiary/aromatic N) is 7. The molecule has 0 atom stereocenters. The molecule has 0 N–H and O–H groups in total. The smallest absolute Gasteiger partial charge is 0.292 e. The fourth-order valence-corrected chi connectivity index (χ4v) is 4.20. The van der Waals surface area contributed by atoms with Gasteiger partial charge in [0.25, 0.3) is 5.69 Å². The molecule has 0 amide bonds. The van der Waals surface area contributed by atoms with Crippen molar-refractivity contribution in [2.75, 3.05) is 37.3 Å². The Hall–Kier alpha value is -3.38. The van der Waals surface area contributed by atoms with Crippen LogP contribution in [-0.4, -0.2) is 70.9 Å². The van der Waals surface area contributed by atoms with Gasteiger partial charge >= 0.3 is 0 Å². The molecule has 3 aromatic rings. The van der Waals surface area contributed by atoms with E-state index in [1.165, 1.54) is 18.2 Å². The van der Waals surface area contributed by atoms with Crippen molar-refractivity contribution in [3.05, 3.63) is 64.5 Å². The Morgan fingerprint density at radius 3 is 2.35 bits per heavy atom. The molecule has 0 radical (unpaired) electrons. The average molecular weight is 443 g/mol. The summed E-state index contributed by atoms with van der Waals surface area (Å²) in [5, 5.41) is 23.2. The predicted molar refractivity (Wildman–Crippen MR) is 113 cm³/mol. The summed E-state index contributed by atoms with van der Waals surface area (Å²) in [6.45, 7) is 3.20. The van der Waals surface area contributed by atoms with E-state index >= 15 is 0 Å². The zero-order valence-corrected chi connectivity index (χ0v) is 17.6. The molecule has 1 saturated heterocycles. The van der Waals surface area contributed by atoms with Crippen molar-refractivity contribution in [1.82, 2.24) is 25.1 Å². The van der Waals surface area contributed by atoms with Gasteiger partial charge in [0.2, 0.25) is 0 Å². The molecule has 0 bridgehead atoms. The molecule has 12 heteroatoms. The topological polar surface area (TPSA) is 127 Å². The number of aromatic nitrogens is 4. The van der Waals surface area contributed by atoms with Crippen molar-refractivity contribution in [3.63, 3.8) is 0 Å². The van der Waals surface area contributed by atoms with Crippen molar-refractivity contribution in [1.29, 1.82) is 0 Å². The number of hydrogen-bond donors (Lipinski definition) is 0. The standard InChI is InChI=1S/C19H21N7O4S/c1-31(29,30)16-8-6-15(7-9-16)25-19(20-21-22-25)14-23-10-12-24(13-11-23)17-4-2-3-5-18(17)26(27)28/h2-9H,10-14H2,1H3. The van der Waals surface area contributed by atoms with Gasteiger partial charge in [0.15, 0.2) is 15.7 Å². The highest BCUT2D eigenvalue weighted by atomic mass is 32.2. The maximum atomic E-state index is 11.7. The fourth-order valence-electron chi connectivity index (χ4n) is 3.57. The van der Waals surface area contributed by atoms with Crippen molar-refractivity contribution in [2.45, 2.75) is 11.4 Å². The highest BCUT2D eigenvalue weighted by Crippen LogP contribution is 2.28. The van der Waals surface area contributed by atoms with Crippen LogP contribution in [0.3, 0.4) is 0 Å². The maximum absolute atomic E-state index is 11.7. The van der Waals surface area contributed by atoms with Gasteiger partial charge in [0.05, 0.1) is 22.1 Å². The maximum Gasteiger partial charge on any atom is 0.292 e. The Bertz CT molecular complexity index is 1190. The van der Waals surface area contributed by atoms with Crippen LogP contribution >= 0.6 is 0 Å². The zero-order valence-electron chi connectivity index (χ0n) is 16.8. The van der Waals surface area contributed by atoms with Gasteiger partial charge in [0.1, 0.15) is 5.69 Å². The number of para-hydroxylation sites is 2. The molecule has 1 aliphatic heterocycles. The van der Waals surface area contributed by atoms with Gasteiger partial charge in [-0.3, -0.25) is 15.0 Å². The number of hydrogen-bond acceptors (Lipinski definition) is 9. The molecule has 0 spiro atoms. The number of tetrazole rings is 1. The number of rotatable bonds is 6. The van der Waals surface area contributed by atoms with Gasteiger partial charge in [-0.25, -0.2) is 8.42 Å². The first-order chi connectivity index (χ1) is 14.8. The van der Waals surface area contributed by atoms with Gasteiger partial charge in [0, 0.05) is 38.5 Å². The number of nitro groups is 1. The van der Waals surface area contributed by atoms with Crippen LogP contribution in [0.15, 0.2) is 53.4 Å². The molecule has 1 aliphatic rings. The molecule has 1 fully saturated rings. The minimum atomic E-state index is -3.27. The van der Waals surface area contributed by atoms with E-state index in [-0.39, 0.29) is 15.5 Å². The third-order valence-corrected chi connectivity index (χ3v) is 6.33. The van der Waals surface area contributed by atoms with Crippen LogP contribution in [0.1, 0.15) is 5.82 Å². The lowest BCUT2D eigenvalue weighted by Crippen LogP contribution is -2.46. The number of anilines is 1. The minimum Gasteiger partial charge on any atom is -0.363 e. The summed E-state index contributed by atoms with van der Waals surface area (Å²) in [6.07, 6.45) is 1.16. The minimum absolute atomic E-state index is 0.109. The number of benzene rings is 2. The van der Waals surface area contributed by atoms with Gasteiger partial charge < -0.3 is 4.90 Å². The average Bonchev–Trinajstić information content (AvgIpc) is 3.22. The molecule has 1 aromatic heterocycles. The van der Waals surface area contributed by atoms with E-state index in [1.54, 1.807) is 35.0 Å². The normalized spacial score (nSPS) is 15.2. The Morgan fingerprint density at radius 2 is 1.71 bits per heavy atom. The first-order valence-electron chi connectivity index (χ1n) is 9.61. The van der Waals surface area contributed by atoms with Gasteiger partial charge in [-0.1, -0.05) is 12.1 Å². The Morgan fingerprint density at radius 1 is 1.03 bits per heavy atom. The van der Waals surface area contributed by atoms with Crippen molar-refractivity contribution in [3.8, 4) is 5.69 Å². The van der Waals surface area contributed by atoms with Gasteiger partial charge in [-0.2, -0.15) is 4.68 Å². The van der Waals surface area contributed by atoms with Crippen LogP contribution in [0.5, 0.6) is 0 Å². The summed E-state index contributed by atoms with van der Waals surface area (Å²) in [5.74, 6) is 0.631. The van der Waals surface area contributed by atoms with Crippen LogP contribution in [-0.2, 0) is 16.4 Å². The molecule has 2 aromatic carbocycles. The summed E-state index contributed by atoms with van der Waals surface area (Å²) in [5.41, 5.74) is 1.41. The molecule has 11 nitrogen and oxygen atoms in total. The number of piperazine rings is 1. The van der Waals surface area contributed by atoms with E-state index in [9.17, 15) is 18.5 Å². The summed E-state index contributed by atoms with van der Waals surface area (Å²) in [7, 11) is -3.27. The first kappa shape index (κ1) is 20.9. The third kappa shape index (κ3) is 4.54. The lowest BCUT2D eigenvalue weighted by molar-refractivity contribution is -0.384. The molecule has 0 saturated carbocycles. The zero-order chi connectivity index (χ0) is 22.0. The molecule has 162 valence electrons. The van der Waals surface area contributed by atoms with E-state index in [0.717, 1.165) is 6.26 Å². The Labute approximate surface area is 179 Å². The van der Waals surface area contributed by atoms with E-state index in [0.29, 0.717) is 49.9 Å². The largest absolute Gasteiger partial charge is 0.363 e. The van der Waals surface area contributed by atoms with Gasteiger partial charge in [-0.05, 0) is 40.8 Å². The lowest BCUT2D eigenvalue weighted by atomic mass is 10.2. The molecule has 31 heavy (non-hydrogen) atoms. The quantitative estimate of drug-likeness (QED) is 0.409. The molecular formula is C19H21N7O4S. The summed E-state index contributed by atoms with van der Waals surface area (Å²) in [6, 6.07) is 13.2. The van der Waals surface area contributed by atoms with Crippen molar-refractivity contribution < 1.29 is 13.3 Å². The van der Waals surface area contributed by atoms with Crippen LogP contribution < -0.4 is 4.90 Å². The van der Waals surface area contributed by atoms with Crippen molar-refractivity contribution >= 4 is 21.2 Å². The second-order valence-corrected chi connectivity index (χ2v) is 9.30. The van der Waals surface area contributed by atoms with Crippen LogP contribution in [0.25, 0.3) is 5.69 Å². The third-order valence-electron chi connectivity index (χ3n) is 5.20. The molecule has 4 rings (SSSR count). The summed E-state index contributed by atoms with van der Waals surface area (Å²) >= 11 is 0. The SMILES string of the molecule is CS(=O)(=O)c1ccc(-n2nnnc2CN2CCN(c3ccccc3[N+](=O)[O-])CC2)cc1. The van der Waals surface area contributed by atoms with E-state index in [4.69, 9.17) is 0 Å². The molecule has 0 unspecified atom stereocenters. The number of nitro benzene ring substituents is 1. The van der Waals surface area contributed by atoms with E-state index in [2.05, 4.69) is 20.4 Å². The van der Waals surface area contributed by atoms with Crippen molar-refractivity contribution in [2.24, 2.45) is 0 Å². The highest BCUT2D eigenvalue weighted by molar-refractivity contribution is 7.90. The van der Waals surface area contributed by atoms with Crippen LogP contribution in [0, 0.1) is 10.1 Å². The van der Waals surface area contributed by atoms with Gasteiger partial charge in [-0.15, -0.1) is 5.10 Å². The molecule has 2 heterocycles. The highest BCUT2D eigenvalue weighted by Gasteiger charge is 2.24. The fraction of sp³-hybridized carbons (Fsp3) is 0.316. The van der Waals surface area contributed by atoms with Crippen LogP contribution in [0.4, 0.5) is 11.4 Å². The van der Waals surface area contributed by atoms with E-state index in [1.807, 2.05) is 4.90 Å². The molecule has 0 aliphatic carbocycles. The Kier molecular flexibility index (Phi) is 5.65.